The standard InChI is InChI=1S/C13H26N2O7/c16-6-4-2-1-3-5-14-13(22)15-7-8(17)10(19)12(21)11(20)9(7)18/h7-12,16-21H,1-6H2,(H2,14,15,22)/t7?,8-,9+,10+,11-,12?. The summed E-state index contributed by atoms with van der Waals surface area (Å²) < 4.78 is 0. The normalized spacial score (nSPS) is 35.2. The summed E-state index contributed by atoms with van der Waals surface area (Å²) in [6, 6.07) is -1.94. The summed E-state index contributed by atoms with van der Waals surface area (Å²) in [4.78, 5) is 11.7. The fraction of sp³-hybridized carbons (Fsp3) is 0.923. The Kier molecular flexibility index (Phi) is 8.01. The molecule has 1 fully saturated rings. The number of hydrogen-bond donors (Lipinski definition) is 8. The van der Waals surface area contributed by atoms with Crippen LogP contribution in [0.3, 0.4) is 0 Å². The number of unbranched alkanes of at least 4 members (excludes halogenated alkanes) is 3. The maximum Gasteiger partial charge on any atom is 0.315 e. The minimum atomic E-state index is -1.68. The SMILES string of the molecule is O=C(NCCCCCCO)NC1[C@@H](O)[C@H](O)C(O)[C@H](O)[C@H]1O. The van der Waals surface area contributed by atoms with Crippen molar-refractivity contribution in [1.29, 1.82) is 0 Å². The molecular weight excluding hydrogens is 296 g/mol. The van der Waals surface area contributed by atoms with Crippen molar-refractivity contribution >= 4 is 6.03 Å². The monoisotopic (exact) mass is 322 g/mol. The molecule has 8 N–H and O–H groups in total. The fourth-order valence-electron chi connectivity index (χ4n) is 2.40. The average molecular weight is 322 g/mol. The second-order valence-corrected chi connectivity index (χ2v) is 5.52. The molecule has 1 rings (SSSR count). The predicted molar refractivity (Wildman–Crippen MR) is 75.9 cm³/mol. The Bertz CT molecular complexity index is 328. The van der Waals surface area contributed by atoms with Crippen LogP contribution in [0.25, 0.3) is 0 Å². The molecular formula is C13H26N2O7. The van der Waals surface area contributed by atoms with Gasteiger partial charge in [-0.05, 0) is 12.8 Å². The number of aliphatic hydroxyl groups excluding tert-OH is 6. The smallest absolute Gasteiger partial charge is 0.315 e. The van der Waals surface area contributed by atoms with Gasteiger partial charge in [0, 0.05) is 13.2 Å². The largest absolute Gasteiger partial charge is 0.396 e. The zero-order chi connectivity index (χ0) is 16.7. The summed E-state index contributed by atoms with van der Waals surface area (Å²) in [6.07, 6.45) is -5.07. The highest BCUT2D eigenvalue weighted by atomic mass is 16.4. The molecule has 0 spiro atoms. The van der Waals surface area contributed by atoms with Crippen LogP contribution in [0.2, 0.25) is 0 Å². The van der Waals surface area contributed by atoms with Crippen LogP contribution in [0.1, 0.15) is 25.7 Å². The second kappa shape index (κ2) is 9.23. The van der Waals surface area contributed by atoms with Crippen LogP contribution >= 0.6 is 0 Å². The molecule has 130 valence electrons. The first kappa shape index (κ1) is 19.1. The summed E-state index contributed by atoms with van der Waals surface area (Å²) in [5, 5.41) is 61.5. The molecule has 1 aliphatic carbocycles. The van der Waals surface area contributed by atoms with E-state index < -0.39 is 42.6 Å². The van der Waals surface area contributed by atoms with Crippen LogP contribution in [-0.4, -0.2) is 86.4 Å². The van der Waals surface area contributed by atoms with Gasteiger partial charge in [-0.1, -0.05) is 12.8 Å². The third kappa shape index (κ3) is 5.04. The van der Waals surface area contributed by atoms with E-state index in [0.717, 1.165) is 12.8 Å². The number of urea groups is 1. The van der Waals surface area contributed by atoms with Gasteiger partial charge in [0.25, 0.3) is 0 Å². The molecule has 0 saturated heterocycles. The van der Waals surface area contributed by atoms with E-state index >= 15 is 0 Å². The molecule has 0 bridgehead atoms. The van der Waals surface area contributed by atoms with E-state index in [4.69, 9.17) is 5.11 Å². The van der Waals surface area contributed by atoms with Crippen LogP contribution in [0.5, 0.6) is 0 Å². The molecule has 1 aliphatic rings. The molecule has 0 aromatic heterocycles. The van der Waals surface area contributed by atoms with E-state index in [9.17, 15) is 30.3 Å². The zero-order valence-corrected chi connectivity index (χ0v) is 12.3. The summed E-state index contributed by atoms with van der Waals surface area (Å²) in [6.45, 7) is 0.520. The highest BCUT2D eigenvalue weighted by Gasteiger charge is 2.48. The number of amides is 2. The Morgan fingerprint density at radius 3 is 1.82 bits per heavy atom. The first-order valence-electron chi connectivity index (χ1n) is 7.45. The lowest BCUT2D eigenvalue weighted by Crippen LogP contribution is -2.69. The first-order valence-corrected chi connectivity index (χ1v) is 7.45. The number of rotatable bonds is 7. The predicted octanol–water partition coefficient (Wildman–Crippen LogP) is -2.97. The fourth-order valence-corrected chi connectivity index (χ4v) is 2.40. The van der Waals surface area contributed by atoms with Gasteiger partial charge >= 0.3 is 6.03 Å². The van der Waals surface area contributed by atoms with Gasteiger partial charge in [-0.15, -0.1) is 0 Å². The van der Waals surface area contributed by atoms with Crippen molar-refractivity contribution in [2.75, 3.05) is 13.2 Å². The molecule has 2 unspecified atom stereocenters. The molecule has 0 radical (unpaired) electrons. The molecule has 0 aromatic rings. The van der Waals surface area contributed by atoms with Gasteiger partial charge < -0.3 is 41.3 Å². The van der Waals surface area contributed by atoms with Crippen molar-refractivity contribution in [1.82, 2.24) is 10.6 Å². The number of hydrogen-bond acceptors (Lipinski definition) is 7. The highest BCUT2D eigenvalue weighted by Crippen LogP contribution is 2.21. The van der Waals surface area contributed by atoms with Crippen molar-refractivity contribution in [3.63, 3.8) is 0 Å². The number of aliphatic hydroxyl groups is 6. The van der Waals surface area contributed by atoms with Crippen molar-refractivity contribution in [2.24, 2.45) is 0 Å². The van der Waals surface area contributed by atoms with Crippen LogP contribution in [0.4, 0.5) is 4.79 Å². The summed E-state index contributed by atoms with van der Waals surface area (Å²) >= 11 is 0. The minimum Gasteiger partial charge on any atom is -0.396 e. The van der Waals surface area contributed by atoms with Gasteiger partial charge in [0.15, 0.2) is 0 Å². The van der Waals surface area contributed by atoms with Gasteiger partial charge in [-0.3, -0.25) is 0 Å². The lowest BCUT2D eigenvalue weighted by molar-refractivity contribution is -0.188. The van der Waals surface area contributed by atoms with E-state index in [0.29, 0.717) is 19.4 Å². The van der Waals surface area contributed by atoms with Gasteiger partial charge in [-0.25, -0.2) is 4.79 Å². The Morgan fingerprint density at radius 2 is 1.27 bits per heavy atom. The number of nitrogens with one attached hydrogen (secondary N) is 2. The quantitative estimate of drug-likeness (QED) is 0.232. The average Bonchev–Trinajstić information content (AvgIpc) is 2.51. The van der Waals surface area contributed by atoms with Gasteiger partial charge in [0.1, 0.15) is 30.5 Å². The van der Waals surface area contributed by atoms with Crippen molar-refractivity contribution in [2.45, 2.75) is 62.2 Å². The van der Waals surface area contributed by atoms with Crippen LogP contribution < -0.4 is 10.6 Å². The van der Waals surface area contributed by atoms with E-state index in [2.05, 4.69) is 10.6 Å². The molecule has 2 amide bonds. The minimum absolute atomic E-state index is 0.141. The van der Waals surface area contributed by atoms with Crippen molar-refractivity contribution in [3.05, 3.63) is 0 Å². The highest BCUT2D eigenvalue weighted by molar-refractivity contribution is 5.74. The van der Waals surface area contributed by atoms with Gasteiger partial charge in [0.05, 0.1) is 6.04 Å². The summed E-state index contributed by atoms with van der Waals surface area (Å²) in [5.41, 5.74) is 0. The molecule has 9 heteroatoms. The van der Waals surface area contributed by atoms with Crippen molar-refractivity contribution in [3.8, 4) is 0 Å². The van der Waals surface area contributed by atoms with Crippen LogP contribution in [0.15, 0.2) is 0 Å². The van der Waals surface area contributed by atoms with Gasteiger partial charge in [-0.2, -0.15) is 0 Å². The van der Waals surface area contributed by atoms with Crippen LogP contribution in [0, 0.1) is 0 Å². The van der Waals surface area contributed by atoms with Crippen LogP contribution in [-0.2, 0) is 0 Å². The molecule has 0 aromatic carbocycles. The maximum atomic E-state index is 11.7. The third-order valence-electron chi connectivity index (χ3n) is 3.80. The second-order valence-electron chi connectivity index (χ2n) is 5.52. The molecule has 0 aliphatic heterocycles. The topological polar surface area (TPSA) is 163 Å². The first-order chi connectivity index (χ1) is 10.4. The van der Waals surface area contributed by atoms with Gasteiger partial charge in [0.2, 0.25) is 0 Å². The maximum absolute atomic E-state index is 11.7. The molecule has 6 atom stereocenters. The molecule has 1 saturated carbocycles. The Labute approximate surface area is 128 Å². The lowest BCUT2D eigenvalue weighted by atomic mass is 9.83. The van der Waals surface area contributed by atoms with E-state index in [1.165, 1.54) is 0 Å². The Morgan fingerprint density at radius 1 is 0.773 bits per heavy atom. The number of carbonyl (C=O) groups excluding carboxylic acids is 1. The summed E-state index contributed by atoms with van der Waals surface area (Å²) in [5.74, 6) is 0. The third-order valence-corrected chi connectivity index (χ3v) is 3.80. The zero-order valence-electron chi connectivity index (χ0n) is 12.3. The van der Waals surface area contributed by atoms with Crippen molar-refractivity contribution < 1.29 is 35.4 Å². The molecule has 22 heavy (non-hydrogen) atoms. The summed E-state index contributed by atoms with van der Waals surface area (Å²) in [7, 11) is 0. The Hall–Kier alpha value is -0.970. The number of carbonyl (C=O) groups is 1. The Balaban J connectivity index is 2.36. The molecule has 9 nitrogen and oxygen atoms in total. The van der Waals surface area contributed by atoms with E-state index in [-0.39, 0.29) is 6.61 Å². The van der Waals surface area contributed by atoms with E-state index in [1.54, 1.807) is 0 Å². The molecule has 0 heterocycles. The van der Waals surface area contributed by atoms with E-state index in [1.807, 2.05) is 0 Å². The lowest BCUT2D eigenvalue weighted by Gasteiger charge is -2.41.